The molecule has 2 aromatic rings. The molecule has 0 radical (unpaired) electrons. The van der Waals surface area contributed by atoms with Crippen molar-refractivity contribution in [3.63, 3.8) is 0 Å². The lowest BCUT2D eigenvalue weighted by molar-refractivity contribution is -0.120. The van der Waals surface area contributed by atoms with Crippen LogP contribution in [0, 0.1) is 0 Å². The molecule has 0 aliphatic carbocycles. The standard InChI is InChI=1S/C27H36N4O4/c1-27(2,3)35-26(34)31-16-14-30(15-17-31)23-7-5-6-21(18-23)19-29-25(33)22-11-8-20(9-12-22)10-13-24(32)28-4/h5-9,11-12,18H,10,13-17,19H2,1-4H3,(H,28,32)(H,29,33). The summed E-state index contributed by atoms with van der Waals surface area (Å²) in [6.45, 7) is 8.69. The molecule has 188 valence electrons. The Hall–Kier alpha value is -3.55. The van der Waals surface area contributed by atoms with Gasteiger partial charge in [-0.3, -0.25) is 9.59 Å². The topological polar surface area (TPSA) is 91.0 Å². The van der Waals surface area contributed by atoms with Crippen LogP contribution in [0.4, 0.5) is 10.5 Å². The lowest BCUT2D eigenvalue weighted by Gasteiger charge is -2.36. The fraction of sp³-hybridized carbons (Fsp3) is 0.444. The molecule has 0 bridgehead atoms. The van der Waals surface area contributed by atoms with Crippen molar-refractivity contribution in [3.05, 3.63) is 65.2 Å². The SMILES string of the molecule is CNC(=O)CCc1ccc(C(=O)NCc2cccc(N3CCN(C(=O)OC(C)(C)C)CC3)c2)cc1. The number of hydrogen-bond acceptors (Lipinski definition) is 5. The highest BCUT2D eigenvalue weighted by atomic mass is 16.6. The zero-order valence-corrected chi connectivity index (χ0v) is 21.1. The fourth-order valence-corrected chi connectivity index (χ4v) is 3.83. The quantitative estimate of drug-likeness (QED) is 0.634. The van der Waals surface area contributed by atoms with Gasteiger partial charge < -0.3 is 25.2 Å². The van der Waals surface area contributed by atoms with Gasteiger partial charge in [0.1, 0.15) is 5.60 Å². The van der Waals surface area contributed by atoms with Crippen molar-refractivity contribution in [1.82, 2.24) is 15.5 Å². The number of aryl methyl sites for hydroxylation is 1. The Bertz CT molecular complexity index is 1020. The van der Waals surface area contributed by atoms with Crippen molar-refractivity contribution in [2.45, 2.75) is 45.8 Å². The van der Waals surface area contributed by atoms with Crippen LogP contribution in [-0.4, -0.2) is 61.6 Å². The van der Waals surface area contributed by atoms with Gasteiger partial charge in [0.25, 0.3) is 5.91 Å². The lowest BCUT2D eigenvalue weighted by Crippen LogP contribution is -2.50. The molecule has 1 heterocycles. The van der Waals surface area contributed by atoms with Crippen molar-refractivity contribution in [1.29, 1.82) is 0 Å². The van der Waals surface area contributed by atoms with Crippen LogP contribution in [0.5, 0.6) is 0 Å². The van der Waals surface area contributed by atoms with Gasteiger partial charge in [0.15, 0.2) is 0 Å². The van der Waals surface area contributed by atoms with Crippen LogP contribution < -0.4 is 15.5 Å². The van der Waals surface area contributed by atoms with E-state index < -0.39 is 5.60 Å². The van der Waals surface area contributed by atoms with Crippen LogP contribution in [0.15, 0.2) is 48.5 Å². The third kappa shape index (κ3) is 8.02. The van der Waals surface area contributed by atoms with Crippen LogP contribution in [0.25, 0.3) is 0 Å². The van der Waals surface area contributed by atoms with Gasteiger partial charge in [0.05, 0.1) is 0 Å². The average Bonchev–Trinajstić information content (AvgIpc) is 2.85. The van der Waals surface area contributed by atoms with Gasteiger partial charge >= 0.3 is 6.09 Å². The lowest BCUT2D eigenvalue weighted by atomic mass is 10.1. The van der Waals surface area contributed by atoms with Gasteiger partial charge in [-0.1, -0.05) is 24.3 Å². The first-order valence-corrected chi connectivity index (χ1v) is 12.0. The molecular weight excluding hydrogens is 444 g/mol. The molecule has 1 fully saturated rings. The maximum Gasteiger partial charge on any atom is 0.410 e. The van der Waals surface area contributed by atoms with E-state index in [-0.39, 0.29) is 17.9 Å². The number of rotatable bonds is 7. The number of anilines is 1. The van der Waals surface area contributed by atoms with E-state index in [1.165, 1.54) is 0 Å². The minimum Gasteiger partial charge on any atom is -0.444 e. The van der Waals surface area contributed by atoms with Crippen molar-refractivity contribution >= 4 is 23.6 Å². The number of carbonyl (C=O) groups excluding carboxylic acids is 3. The molecule has 1 saturated heterocycles. The Balaban J connectivity index is 1.49. The first kappa shape index (κ1) is 26.1. The van der Waals surface area contributed by atoms with Gasteiger partial charge in [-0.2, -0.15) is 0 Å². The number of piperazine rings is 1. The Labute approximate surface area is 207 Å². The third-order valence-corrected chi connectivity index (χ3v) is 5.80. The van der Waals surface area contributed by atoms with E-state index in [4.69, 9.17) is 4.74 Å². The maximum atomic E-state index is 12.6. The summed E-state index contributed by atoms with van der Waals surface area (Å²) in [5.41, 5.74) is 3.18. The second kappa shape index (κ2) is 11.7. The minimum absolute atomic E-state index is 0.000953. The number of benzene rings is 2. The normalized spacial score (nSPS) is 13.8. The van der Waals surface area contributed by atoms with E-state index in [1.54, 1.807) is 24.1 Å². The first-order valence-electron chi connectivity index (χ1n) is 12.0. The van der Waals surface area contributed by atoms with E-state index in [9.17, 15) is 14.4 Å². The molecule has 1 aliphatic rings. The summed E-state index contributed by atoms with van der Waals surface area (Å²) in [5.74, 6) is -0.141. The van der Waals surface area contributed by atoms with Crippen LogP contribution in [-0.2, 0) is 22.5 Å². The summed E-state index contributed by atoms with van der Waals surface area (Å²) in [5, 5.41) is 5.59. The Morgan fingerprint density at radius 1 is 0.943 bits per heavy atom. The molecule has 1 aliphatic heterocycles. The molecule has 2 N–H and O–H groups in total. The average molecular weight is 481 g/mol. The second-order valence-electron chi connectivity index (χ2n) is 9.68. The van der Waals surface area contributed by atoms with Crippen LogP contribution in [0.2, 0.25) is 0 Å². The molecule has 8 nitrogen and oxygen atoms in total. The third-order valence-electron chi connectivity index (χ3n) is 5.80. The van der Waals surface area contributed by atoms with E-state index in [1.807, 2.05) is 51.1 Å². The van der Waals surface area contributed by atoms with E-state index in [0.29, 0.717) is 38.0 Å². The predicted molar refractivity (Wildman–Crippen MR) is 136 cm³/mol. The van der Waals surface area contributed by atoms with E-state index in [0.717, 1.165) is 29.9 Å². The summed E-state index contributed by atoms with van der Waals surface area (Å²) < 4.78 is 5.47. The molecule has 2 aromatic carbocycles. The first-order chi connectivity index (χ1) is 16.6. The van der Waals surface area contributed by atoms with Crippen molar-refractivity contribution < 1.29 is 19.1 Å². The number of carbonyl (C=O) groups is 3. The van der Waals surface area contributed by atoms with Gasteiger partial charge in [-0.25, -0.2) is 4.79 Å². The number of hydrogen-bond donors (Lipinski definition) is 2. The maximum absolute atomic E-state index is 12.6. The molecule has 0 aromatic heterocycles. The molecule has 8 heteroatoms. The zero-order chi connectivity index (χ0) is 25.4. The smallest absolute Gasteiger partial charge is 0.410 e. The molecule has 3 rings (SSSR count). The molecule has 0 atom stereocenters. The highest BCUT2D eigenvalue weighted by molar-refractivity contribution is 5.94. The van der Waals surface area contributed by atoms with Gasteiger partial charge in [0, 0.05) is 57.4 Å². The highest BCUT2D eigenvalue weighted by Crippen LogP contribution is 2.19. The predicted octanol–water partition coefficient (Wildman–Crippen LogP) is 3.35. The fourth-order valence-electron chi connectivity index (χ4n) is 3.83. The van der Waals surface area contributed by atoms with Gasteiger partial charge in [-0.15, -0.1) is 0 Å². The summed E-state index contributed by atoms with van der Waals surface area (Å²) >= 11 is 0. The molecule has 0 saturated carbocycles. The van der Waals surface area contributed by atoms with E-state index in [2.05, 4.69) is 21.6 Å². The minimum atomic E-state index is -0.498. The van der Waals surface area contributed by atoms with Crippen LogP contribution in [0.3, 0.4) is 0 Å². The van der Waals surface area contributed by atoms with Crippen molar-refractivity contribution in [3.8, 4) is 0 Å². The second-order valence-corrected chi connectivity index (χ2v) is 9.68. The van der Waals surface area contributed by atoms with E-state index >= 15 is 0 Å². The summed E-state index contributed by atoms with van der Waals surface area (Å²) in [6.07, 6.45) is 0.794. The van der Waals surface area contributed by atoms with Crippen LogP contribution in [0.1, 0.15) is 48.7 Å². The summed E-state index contributed by atoms with van der Waals surface area (Å²) in [7, 11) is 1.62. The Morgan fingerprint density at radius 3 is 2.26 bits per heavy atom. The van der Waals surface area contributed by atoms with Gasteiger partial charge in [-0.05, 0) is 62.6 Å². The number of nitrogens with zero attached hydrogens (tertiary/aromatic N) is 2. The molecule has 0 unspecified atom stereocenters. The van der Waals surface area contributed by atoms with Crippen molar-refractivity contribution in [2.75, 3.05) is 38.1 Å². The van der Waals surface area contributed by atoms with Gasteiger partial charge in [0.2, 0.25) is 5.91 Å². The molecular formula is C27H36N4O4. The highest BCUT2D eigenvalue weighted by Gasteiger charge is 2.26. The zero-order valence-electron chi connectivity index (χ0n) is 21.1. The number of nitrogens with one attached hydrogen (secondary N) is 2. The van der Waals surface area contributed by atoms with Crippen molar-refractivity contribution in [2.24, 2.45) is 0 Å². The Kier molecular flexibility index (Phi) is 8.73. The number of amides is 3. The molecule has 35 heavy (non-hydrogen) atoms. The summed E-state index contributed by atoms with van der Waals surface area (Å²) in [6, 6.07) is 15.4. The number of ether oxygens (including phenoxy) is 1. The monoisotopic (exact) mass is 480 g/mol. The summed E-state index contributed by atoms with van der Waals surface area (Å²) in [4.78, 5) is 40.3. The molecule has 3 amide bonds. The van der Waals surface area contributed by atoms with Crippen LogP contribution >= 0.6 is 0 Å². The largest absolute Gasteiger partial charge is 0.444 e. The Morgan fingerprint density at radius 2 is 1.63 bits per heavy atom. The molecule has 0 spiro atoms.